The van der Waals surface area contributed by atoms with Crippen LogP contribution in [0.25, 0.3) is 0 Å². The zero-order chi connectivity index (χ0) is 16.2. The van der Waals surface area contributed by atoms with Crippen molar-refractivity contribution in [3.8, 4) is 5.75 Å². The predicted molar refractivity (Wildman–Crippen MR) is 91.5 cm³/mol. The van der Waals surface area contributed by atoms with Crippen molar-refractivity contribution in [2.45, 2.75) is 45.3 Å². The first-order valence-corrected chi connectivity index (χ1v) is 8.25. The zero-order valence-electron chi connectivity index (χ0n) is 13.7. The molecule has 1 aliphatic rings. The van der Waals surface area contributed by atoms with Crippen molar-refractivity contribution < 1.29 is 9.53 Å². The SMILES string of the molecule is Cc1ccc(O[C@@H](C)C(=O)N[C@H]2CCCc3ccccc32)cc1. The lowest BCUT2D eigenvalue weighted by atomic mass is 9.87. The van der Waals surface area contributed by atoms with E-state index in [1.807, 2.05) is 37.3 Å². The molecule has 2 aromatic rings. The number of amides is 1. The van der Waals surface area contributed by atoms with Gasteiger partial charge in [-0.1, -0.05) is 42.0 Å². The second-order valence-corrected chi connectivity index (χ2v) is 6.23. The molecule has 0 saturated heterocycles. The lowest BCUT2D eigenvalue weighted by Crippen LogP contribution is -2.39. The van der Waals surface area contributed by atoms with Crippen LogP contribution < -0.4 is 10.1 Å². The topological polar surface area (TPSA) is 38.3 Å². The highest BCUT2D eigenvalue weighted by Gasteiger charge is 2.24. The molecule has 3 heteroatoms. The fraction of sp³-hybridized carbons (Fsp3) is 0.350. The number of hydrogen-bond donors (Lipinski definition) is 1. The Labute approximate surface area is 137 Å². The van der Waals surface area contributed by atoms with Gasteiger partial charge in [0.05, 0.1) is 6.04 Å². The second kappa shape index (κ2) is 6.86. The fourth-order valence-electron chi connectivity index (χ4n) is 3.07. The summed E-state index contributed by atoms with van der Waals surface area (Å²) in [5.74, 6) is 0.662. The third-order valence-electron chi connectivity index (χ3n) is 4.39. The molecule has 0 aromatic heterocycles. The maximum Gasteiger partial charge on any atom is 0.261 e. The minimum absolute atomic E-state index is 0.0627. The number of nitrogens with one attached hydrogen (secondary N) is 1. The van der Waals surface area contributed by atoms with Gasteiger partial charge in [-0.2, -0.15) is 0 Å². The highest BCUT2D eigenvalue weighted by atomic mass is 16.5. The number of rotatable bonds is 4. The van der Waals surface area contributed by atoms with E-state index in [2.05, 4.69) is 23.5 Å². The maximum atomic E-state index is 12.5. The molecule has 2 atom stereocenters. The van der Waals surface area contributed by atoms with Crippen molar-refractivity contribution >= 4 is 5.91 Å². The average Bonchev–Trinajstić information content (AvgIpc) is 2.57. The first kappa shape index (κ1) is 15.6. The number of carbonyl (C=O) groups is 1. The van der Waals surface area contributed by atoms with Gasteiger partial charge in [-0.15, -0.1) is 0 Å². The van der Waals surface area contributed by atoms with Gasteiger partial charge in [0.25, 0.3) is 5.91 Å². The Morgan fingerprint density at radius 1 is 1.17 bits per heavy atom. The van der Waals surface area contributed by atoms with Gasteiger partial charge in [-0.3, -0.25) is 4.79 Å². The summed E-state index contributed by atoms with van der Waals surface area (Å²) in [5.41, 5.74) is 3.76. The van der Waals surface area contributed by atoms with Crippen LogP contribution >= 0.6 is 0 Å². The monoisotopic (exact) mass is 309 g/mol. The maximum absolute atomic E-state index is 12.5. The molecule has 120 valence electrons. The molecule has 0 heterocycles. The number of fused-ring (bicyclic) bond motifs is 1. The summed E-state index contributed by atoms with van der Waals surface area (Å²) in [7, 11) is 0. The molecule has 0 radical (unpaired) electrons. The lowest BCUT2D eigenvalue weighted by molar-refractivity contribution is -0.128. The first-order chi connectivity index (χ1) is 11.1. The summed E-state index contributed by atoms with van der Waals surface area (Å²) in [6.07, 6.45) is 2.68. The number of benzene rings is 2. The molecule has 1 N–H and O–H groups in total. The Kier molecular flexibility index (Phi) is 4.65. The Bertz CT molecular complexity index is 678. The van der Waals surface area contributed by atoms with Gasteiger partial charge < -0.3 is 10.1 Å². The van der Waals surface area contributed by atoms with Crippen LogP contribution in [0.2, 0.25) is 0 Å². The van der Waals surface area contributed by atoms with E-state index in [-0.39, 0.29) is 11.9 Å². The highest BCUT2D eigenvalue weighted by Crippen LogP contribution is 2.29. The van der Waals surface area contributed by atoms with Gasteiger partial charge in [-0.05, 0) is 56.4 Å². The van der Waals surface area contributed by atoms with Crippen molar-refractivity contribution in [1.82, 2.24) is 5.32 Å². The summed E-state index contributed by atoms with van der Waals surface area (Å²) in [6, 6.07) is 16.2. The molecule has 2 aromatic carbocycles. The largest absolute Gasteiger partial charge is 0.481 e. The van der Waals surface area contributed by atoms with E-state index in [9.17, 15) is 4.79 Å². The van der Waals surface area contributed by atoms with Gasteiger partial charge in [0.15, 0.2) is 6.10 Å². The van der Waals surface area contributed by atoms with Crippen LogP contribution in [-0.4, -0.2) is 12.0 Å². The molecular formula is C20H23NO2. The third-order valence-corrected chi connectivity index (χ3v) is 4.39. The fourth-order valence-corrected chi connectivity index (χ4v) is 3.07. The van der Waals surface area contributed by atoms with Crippen molar-refractivity contribution in [3.63, 3.8) is 0 Å². The molecule has 0 unspecified atom stereocenters. The predicted octanol–water partition coefficient (Wildman–Crippen LogP) is 3.96. The van der Waals surface area contributed by atoms with Crippen LogP contribution in [-0.2, 0) is 11.2 Å². The van der Waals surface area contributed by atoms with E-state index in [1.165, 1.54) is 16.7 Å². The molecule has 23 heavy (non-hydrogen) atoms. The Hall–Kier alpha value is -2.29. The third kappa shape index (κ3) is 3.73. The molecule has 3 rings (SSSR count). The normalized spacial score (nSPS) is 17.9. The zero-order valence-corrected chi connectivity index (χ0v) is 13.7. The van der Waals surface area contributed by atoms with Crippen LogP contribution in [0.4, 0.5) is 0 Å². The van der Waals surface area contributed by atoms with Crippen LogP contribution in [0.5, 0.6) is 5.75 Å². The Morgan fingerprint density at radius 2 is 1.91 bits per heavy atom. The van der Waals surface area contributed by atoms with Crippen molar-refractivity contribution in [3.05, 3.63) is 65.2 Å². The highest BCUT2D eigenvalue weighted by molar-refractivity contribution is 5.81. The number of aryl methyl sites for hydroxylation is 2. The standard InChI is InChI=1S/C20H23NO2/c1-14-10-12-17(13-11-14)23-15(2)20(22)21-19-9-5-7-16-6-3-4-8-18(16)19/h3-4,6,8,10-13,15,19H,5,7,9H2,1-2H3,(H,21,22)/t15-,19-/m0/s1. The molecule has 0 bridgehead atoms. The van der Waals surface area contributed by atoms with Crippen molar-refractivity contribution in [2.75, 3.05) is 0 Å². The molecule has 0 fully saturated rings. The van der Waals surface area contributed by atoms with Gasteiger partial charge in [0, 0.05) is 0 Å². The molecule has 1 amide bonds. The van der Waals surface area contributed by atoms with Crippen molar-refractivity contribution in [2.24, 2.45) is 0 Å². The smallest absolute Gasteiger partial charge is 0.261 e. The van der Waals surface area contributed by atoms with E-state index in [0.717, 1.165) is 25.0 Å². The summed E-state index contributed by atoms with van der Waals surface area (Å²) in [4.78, 5) is 12.5. The van der Waals surface area contributed by atoms with Crippen molar-refractivity contribution in [1.29, 1.82) is 0 Å². The quantitative estimate of drug-likeness (QED) is 0.928. The Morgan fingerprint density at radius 3 is 2.70 bits per heavy atom. The molecular weight excluding hydrogens is 286 g/mol. The molecule has 0 spiro atoms. The van der Waals surface area contributed by atoms with E-state index in [1.54, 1.807) is 6.92 Å². The number of hydrogen-bond acceptors (Lipinski definition) is 2. The second-order valence-electron chi connectivity index (χ2n) is 6.23. The summed E-state index contributed by atoms with van der Waals surface area (Å²) >= 11 is 0. The summed E-state index contributed by atoms with van der Waals surface area (Å²) < 4.78 is 5.75. The van der Waals surface area contributed by atoms with E-state index in [4.69, 9.17) is 4.74 Å². The average molecular weight is 309 g/mol. The minimum Gasteiger partial charge on any atom is -0.481 e. The molecule has 0 aliphatic heterocycles. The minimum atomic E-state index is -0.508. The molecule has 0 saturated carbocycles. The first-order valence-electron chi connectivity index (χ1n) is 8.25. The van der Waals surface area contributed by atoms with Crippen LogP contribution in [0.15, 0.2) is 48.5 Å². The lowest BCUT2D eigenvalue weighted by Gasteiger charge is -2.27. The van der Waals surface area contributed by atoms with Gasteiger partial charge in [0.2, 0.25) is 0 Å². The molecule has 1 aliphatic carbocycles. The van der Waals surface area contributed by atoms with Gasteiger partial charge >= 0.3 is 0 Å². The van der Waals surface area contributed by atoms with Gasteiger partial charge in [0.1, 0.15) is 5.75 Å². The summed E-state index contributed by atoms with van der Waals surface area (Å²) in [6.45, 7) is 3.82. The number of carbonyl (C=O) groups excluding carboxylic acids is 1. The van der Waals surface area contributed by atoms with Crippen LogP contribution in [0.3, 0.4) is 0 Å². The number of ether oxygens (including phenoxy) is 1. The molecule has 3 nitrogen and oxygen atoms in total. The summed E-state index contributed by atoms with van der Waals surface area (Å²) in [5, 5.41) is 3.14. The van der Waals surface area contributed by atoms with Gasteiger partial charge in [-0.25, -0.2) is 0 Å². The van der Waals surface area contributed by atoms with E-state index >= 15 is 0 Å². The van der Waals surface area contributed by atoms with E-state index < -0.39 is 6.10 Å². The Balaban J connectivity index is 1.64. The van der Waals surface area contributed by atoms with E-state index in [0.29, 0.717) is 0 Å². The van der Waals surface area contributed by atoms with Crippen LogP contribution in [0, 0.1) is 6.92 Å². The van der Waals surface area contributed by atoms with Crippen LogP contribution in [0.1, 0.15) is 42.5 Å².